The summed E-state index contributed by atoms with van der Waals surface area (Å²) in [5, 5.41) is 9.06. The molecule has 0 saturated carbocycles. The van der Waals surface area contributed by atoms with Gasteiger partial charge in [0.25, 0.3) is 11.5 Å². The van der Waals surface area contributed by atoms with Crippen LogP contribution < -0.4 is 15.6 Å². The molecule has 0 radical (unpaired) electrons. The van der Waals surface area contributed by atoms with Gasteiger partial charge in [0, 0.05) is 24.2 Å². The van der Waals surface area contributed by atoms with Crippen LogP contribution in [0.4, 0.5) is 5.69 Å². The third kappa shape index (κ3) is 5.17. The van der Waals surface area contributed by atoms with Crippen molar-refractivity contribution in [3.8, 4) is 5.75 Å². The maximum absolute atomic E-state index is 13.1. The maximum atomic E-state index is 13.1. The highest BCUT2D eigenvalue weighted by Crippen LogP contribution is 2.31. The second-order valence-electron chi connectivity index (χ2n) is 7.90. The lowest BCUT2D eigenvalue weighted by molar-refractivity contribution is -0.119. The van der Waals surface area contributed by atoms with Gasteiger partial charge in [0.1, 0.15) is 10.6 Å². The van der Waals surface area contributed by atoms with Crippen molar-refractivity contribution in [2.45, 2.75) is 24.2 Å². The van der Waals surface area contributed by atoms with Crippen molar-refractivity contribution in [2.24, 2.45) is 0 Å². The number of piperidine rings is 1. The number of rotatable bonds is 7. The van der Waals surface area contributed by atoms with Crippen LogP contribution in [0.15, 0.2) is 52.2 Å². The van der Waals surface area contributed by atoms with Gasteiger partial charge in [-0.15, -0.1) is 0 Å². The number of benzene rings is 2. The minimum atomic E-state index is -3.81. The van der Waals surface area contributed by atoms with Crippen molar-refractivity contribution in [3.63, 3.8) is 0 Å². The Kier molecular flexibility index (Phi) is 7.12. The molecule has 11 nitrogen and oxygen atoms in total. The minimum Gasteiger partial charge on any atom is -0.495 e. The van der Waals surface area contributed by atoms with Crippen molar-refractivity contribution < 1.29 is 27.5 Å². The SMILES string of the molecule is COc1ccc(NC(=O)COC(=O)c2n[nH]c(=O)c3ccccc23)cc1S(=O)(=O)N1CCCCC1. The standard InChI is InChI=1S/C23H24N4O7S/c1-33-18-10-9-15(13-19(18)35(31,32)27-11-5-2-6-12-27)24-20(28)14-34-23(30)21-16-7-3-4-8-17(16)22(29)26-25-21/h3-4,7-10,13H,2,5-6,11-12,14H2,1H3,(H,24,28)(H,26,29). The summed E-state index contributed by atoms with van der Waals surface area (Å²) in [6.45, 7) is 0.200. The van der Waals surface area contributed by atoms with Crippen LogP contribution in [0.5, 0.6) is 5.75 Å². The third-order valence-electron chi connectivity index (χ3n) is 5.60. The number of nitrogens with zero attached hydrogens (tertiary/aromatic N) is 2. The van der Waals surface area contributed by atoms with E-state index in [0.29, 0.717) is 18.5 Å². The number of H-pyrrole nitrogens is 1. The van der Waals surface area contributed by atoms with Crippen LogP contribution in [0.2, 0.25) is 0 Å². The Morgan fingerprint density at radius 1 is 1.09 bits per heavy atom. The van der Waals surface area contributed by atoms with Crippen LogP contribution >= 0.6 is 0 Å². The molecule has 1 aliphatic rings. The second-order valence-corrected chi connectivity index (χ2v) is 9.81. The molecule has 0 aliphatic carbocycles. The number of hydrogen-bond acceptors (Lipinski definition) is 8. The number of methoxy groups -OCH3 is 1. The summed E-state index contributed by atoms with van der Waals surface area (Å²) < 4.78 is 38.0. The molecule has 0 unspecified atom stereocenters. The molecule has 35 heavy (non-hydrogen) atoms. The van der Waals surface area contributed by atoms with Crippen molar-refractivity contribution >= 4 is 38.4 Å². The number of sulfonamides is 1. The molecule has 2 aromatic carbocycles. The van der Waals surface area contributed by atoms with Crippen molar-refractivity contribution in [1.82, 2.24) is 14.5 Å². The van der Waals surface area contributed by atoms with Gasteiger partial charge in [0.15, 0.2) is 12.3 Å². The van der Waals surface area contributed by atoms with Gasteiger partial charge in [-0.25, -0.2) is 18.3 Å². The highest BCUT2D eigenvalue weighted by Gasteiger charge is 2.29. The molecule has 2 heterocycles. The Labute approximate surface area is 201 Å². The second kappa shape index (κ2) is 10.2. The predicted molar refractivity (Wildman–Crippen MR) is 127 cm³/mol. The first-order chi connectivity index (χ1) is 16.8. The van der Waals surface area contributed by atoms with E-state index in [-0.39, 0.29) is 27.4 Å². The Bertz CT molecular complexity index is 1430. The quantitative estimate of drug-likeness (QED) is 0.468. The molecule has 0 spiro atoms. The zero-order valence-electron chi connectivity index (χ0n) is 18.9. The summed E-state index contributed by atoms with van der Waals surface area (Å²) >= 11 is 0. The normalized spacial score (nSPS) is 14.4. The number of aromatic nitrogens is 2. The topological polar surface area (TPSA) is 148 Å². The Hall–Kier alpha value is -3.77. The van der Waals surface area contributed by atoms with E-state index in [1.807, 2.05) is 0 Å². The zero-order valence-corrected chi connectivity index (χ0v) is 19.8. The third-order valence-corrected chi connectivity index (χ3v) is 7.52. The molecule has 2 N–H and O–H groups in total. The summed E-state index contributed by atoms with van der Waals surface area (Å²) in [5.41, 5.74) is -0.382. The van der Waals surface area contributed by atoms with E-state index in [9.17, 15) is 22.8 Å². The Morgan fingerprint density at radius 3 is 2.51 bits per heavy atom. The molecule has 12 heteroatoms. The molecule has 184 valence electrons. The molecule has 4 rings (SSSR count). The average molecular weight is 501 g/mol. The summed E-state index contributed by atoms with van der Waals surface area (Å²) in [7, 11) is -2.44. The van der Waals surface area contributed by atoms with Gasteiger partial charge in [0.05, 0.1) is 12.5 Å². The van der Waals surface area contributed by atoms with E-state index >= 15 is 0 Å². The average Bonchev–Trinajstić information content (AvgIpc) is 2.88. The van der Waals surface area contributed by atoms with Gasteiger partial charge in [-0.2, -0.15) is 9.40 Å². The first-order valence-electron chi connectivity index (χ1n) is 10.9. The number of carbonyl (C=O) groups is 2. The van der Waals surface area contributed by atoms with Gasteiger partial charge < -0.3 is 14.8 Å². The molecular formula is C23H24N4O7S. The lowest BCUT2D eigenvalue weighted by atomic mass is 10.1. The van der Waals surface area contributed by atoms with E-state index in [1.165, 1.54) is 29.6 Å². The zero-order chi connectivity index (χ0) is 25.0. The molecule has 3 aromatic rings. The molecule has 0 bridgehead atoms. The maximum Gasteiger partial charge on any atom is 0.359 e. The van der Waals surface area contributed by atoms with Gasteiger partial charge in [0.2, 0.25) is 10.0 Å². The monoisotopic (exact) mass is 500 g/mol. The van der Waals surface area contributed by atoms with Crippen LogP contribution in [0.1, 0.15) is 29.8 Å². The Morgan fingerprint density at radius 2 is 1.80 bits per heavy atom. The fourth-order valence-corrected chi connectivity index (χ4v) is 5.57. The molecule has 1 aromatic heterocycles. The van der Waals surface area contributed by atoms with Gasteiger partial charge in [-0.1, -0.05) is 24.6 Å². The van der Waals surface area contributed by atoms with E-state index in [1.54, 1.807) is 24.3 Å². The molecule has 1 amide bonds. The highest BCUT2D eigenvalue weighted by molar-refractivity contribution is 7.89. The number of carbonyl (C=O) groups excluding carboxylic acids is 2. The first-order valence-corrected chi connectivity index (χ1v) is 12.4. The van der Waals surface area contributed by atoms with Crippen LogP contribution in [-0.4, -0.2) is 61.6 Å². The molecule has 1 saturated heterocycles. The number of hydrogen-bond donors (Lipinski definition) is 2. The number of fused-ring (bicyclic) bond motifs is 1. The van der Waals surface area contributed by atoms with Gasteiger partial charge in [-0.05, 0) is 37.1 Å². The number of aromatic amines is 1. The van der Waals surface area contributed by atoms with Gasteiger partial charge >= 0.3 is 5.97 Å². The van der Waals surface area contributed by atoms with Crippen molar-refractivity contribution in [3.05, 3.63) is 58.5 Å². The Balaban J connectivity index is 1.47. The first kappa shape index (κ1) is 24.4. The van der Waals surface area contributed by atoms with Gasteiger partial charge in [-0.3, -0.25) is 9.59 Å². The number of nitrogens with one attached hydrogen (secondary N) is 2. The lowest BCUT2D eigenvalue weighted by Crippen LogP contribution is -2.35. The van der Waals surface area contributed by atoms with E-state index in [2.05, 4.69) is 15.5 Å². The highest BCUT2D eigenvalue weighted by atomic mass is 32.2. The lowest BCUT2D eigenvalue weighted by Gasteiger charge is -2.26. The molecule has 1 fully saturated rings. The van der Waals surface area contributed by atoms with Crippen LogP contribution in [-0.2, 0) is 19.6 Å². The predicted octanol–water partition coefficient (Wildman–Crippen LogP) is 1.90. The van der Waals surface area contributed by atoms with E-state index in [4.69, 9.17) is 9.47 Å². The fraction of sp³-hybridized carbons (Fsp3) is 0.304. The molecule has 0 atom stereocenters. The van der Waals surface area contributed by atoms with Crippen LogP contribution in [0.25, 0.3) is 10.8 Å². The fourth-order valence-electron chi connectivity index (χ4n) is 3.87. The number of ether oxygens (including phenoxy) is 2. The number of anilines is 1. The smallest absolute Gasteiger partial charge is 0.359 e. The number of esters is 1. The molecular weight excluding hydrogens is 476 g/mol. The van der Waals surface area contributed by atoms with Crippen LogP contribution in [0.3, 0.4) is 0 Å². The number of amides is 1. The summed E-state index contributed by atoms with van der Waals surface area (Å²) in [5.74, 6) is -1.41. The van der Waals surface area contributed by atoms with Crippen molar-refractivity contribution in [2.75, 3.05) is 32.1 Å². The summed E-state index contributed by atoms with van der Waals surface area (Å²) in [6.07, 6.45) is 2.54. The van der Waals surface area contributed by atoms with E-state index < -0.39 is 34.1 Å². The minimum absolute atomic E-state index is 0.0550. The van der Waals surface area contributed by atoms with E-state index in [0.717, 1.165) is 19.3 Å². The largest absolute Gasteiger partial charge is 0.495 e. The molecule has 1 aliphatic heterocycles. The summed E-state index contributed by atoms with van der Waals surface area (Å²) in [4.78, 5) is 36.7. The van der Waals surface area contributed by atoms with Crippen molar-refractivity contribution in [1.29, 1.82) is 0 Å². The summed E-state index contributed by atoms with van der Waals surface area (Å²) in [6, 6.07) is 10.6. The van der Waals surface area contributed by atoms with Crippen LogP contribution in [0, 0.1) is 0 Å².